The van der Waals surface area contributed by atoms with Crippen molar-refractivity contribution in [3.63, 3.8) is 0 Å². The zero-order chi connectivity index (χ0) is 19.2. The lowest BCUT2D eigenvalue weighted by Crippen LogP contribution is -2.16. The van der Waals surface area contributed by atoms with Crippen molar-refractivity contribution in [2.24, 2.45) is 5.92 Å². The molecule has 0 aromatic heterocycles. The van der Waals surface area contributed by atoms with E-state index in [4.69, 9.17) is 0 Å². The summed E-state index contributed by atoms with van der Waals surface area (Å²) in [6.45, 7) is 2.15. The largest absolute Gasteiger partial charge is 0.422 e. The number of unbranched alkanes of at least 4 members (excludes halogenated alkanes) is 2. The second kappa shape index (κ2) is 9.52. The Kier molecular flexibility index (Phi) is 7.66. The van der Waals surface area contributed by atoms with Gasteiger partial charge in [0.2, 0.25) is 0 Å². The third-order valence-electron chi connectivity index (χ3n) is 5.27. The van der Waals surface area contributed by atoms with Gasteiger partial charge in [-0.1, -0.05) is 31.9 Å². The molecule has 1 aromatic carbocycles. The van der Waals surface area contributed by atoms with Crippen LogP contribution in [0.25, 0.3) is 0 Å². The highest BCUT2D eigenvalue weighted by molar-refractivity contribution is 5.30. The van der Waals surface area contributed by atoms with E-state index < -0.39 is 23.4 Å². The zero-order valence-electron chi connectivity index (χ0n) is 15.2. The van der Waals surface area contributed by atoms with Gasteiger partial charge in [-0.15, -0.1) is 0 Å². The summed E-state index contributed by atoms with van der Waals surface area (Å²) in [5.41, 5.74) is -1.43. The van der Waals surface area contributed by atoms with Gasteiger partial charge in [0.25, 0.3) is 0 Å². The third kappa shape index (κ3) is 5.82. The molecular formula is C21H27F5. The van der Waals surface area contributed by atoms with Gasteiger partial charge in [0.15, 0.2) is 0 Å². The molecule has 0 nitrogen and oxygen atoms in total. The molecule has 5 heteroatoms. The number of hydrogen-bond donors (Lipinski definition) is 0. The van der Waals surface area contributed by atoms with Gasteiger partial charge in [-0.2, -0.15) is 13.2 Å². The maximum atomic E-state index is 13.8. The molecule has 0 heterocycles. The van der Waals surface area contributed by atoms with Crippen LogP contribution < -0.4 is 0 Å². The molecule has 146 valence electrons. The molecule has 0 amide bonds. The molecule has 1 saturated carbocycles. The van der Waals surface area contributed by atoms with Gasteiger partial charge < -0.3 is 0 Å². The summed E-state index contributed by atoms with van der Waals surface area (Å²) in [7, 11) is 0. The third-order valence-corrected chi connectivity index (χ3v) is 5.27. The number of allylic oxidation sites excluding steroid dienone is 2. The van der Waals surface area contributed by atoms with Gasteiger partial charge in [0.1, 0.15) is 17.2 Å². The predicted molar refractivity (Wildman–Crippen MR) is 94.0 cm³/mol. The number of hydrogen-bond acceptors (Lipinski definition) is 0. The average molecular weight is 374 g/mol. The van der Waals surface area contributed by atoms with Crippen molar-refractivity contribution in [1.29, 1.82) is 0 Å². The summed E-state index contributed by atoms with van der Waals surface area (Å²) < 4.78 is 65.5. The molecule has 26 heavy (non-hydrogen) atoms. The molecule has 1 aliphatic carbocycles. The van der Waals surface area contributed by atoms with E-state index in [2.05, 4.69) is 19.1 Å². The Balaban J connectivity index is 1.86. The van der Waals surface area contributed by atoms with E-state index in [9.17, 15) is 22.0 Å². The van der Waals surface area contributed by atoms with E-state index >= 15 is 0 Å². The minimum Gasteiger partial charge on any atom is -0.206 e. The van der Waals surface area contributed by atoms with Gasteiger partial charge in [0, 0.05) is 0 Å². The lowest BCUT2D eigenvalue weighted by Gasteiger charge is -2.29. The number of alkyl halides is 3. The van der Waals surface area contributed by atoms with Crippen molar-refractivity contribution >= 4 is 0 Å². The fraction of sp³-hybridized carbons (Fsp3) is 0.619. The first kappa shape index (κ1) is 20.9. The van der Waals surface area contributed by atoms with Gasteiger partial charge in [-0.3, -0.25) is 0 Å². The van der Waals surface area contributed by atoms with E-state index in [-0.39, 0.29) is 5.92 Å². The van der Waals surface area contributed by atoms with Crippen molar-refractivity contribution in [3.8, 4) is 0 Å². The SMILES string of the molecule is CCC/C=C/CCC[C@H]1CC[C@H](c2cc(F)c(C(F)(F)F)c(F)c2)CC1. The second-order valence-corrected chi connectivity index (χ2v) is 7.27. The van der Waals surface area contributed by atoms with Crippen LogP contribution in [-0.4, -0.2) is 0 Å². The van der Waals surface area contributed by atoms with Crippen LogP contribution in [0.4, 0.5) is 22.0 Å². The summed E-state index contributed by atoms with van der Waals surface area (Å²) in [4.78, 5) is 0. The lowest BCUT2D eigenvalue weighted by atomic mass is 9.77. The number of halogens is 5. The Morgan fingerprint density at radius 2 is 1.54 bits per heavy atom. The van der Waals surface area contributed by atoms with Crippen LogP contribution in [0, 0.1) is 17.6 Å². The van der Waals surface area contributed by atoms with Crippen LogP contribution in [-0.2, 0) is 6.18 Å². The second-order valence-electron chi connectivity index (χ2n) is 7.27. The molecule has 0 N–H and O–H groups in total. The molecule has 1 fully saturated rings. The van der Waals surface area contributed by atoms with Gasteiger partial charge in [0.05, 0.1) is 0 Å². The number of benzene rings is 1. The molecule has 0 radical (unpaired) electrons. The van der Waals surface area contributed by atoms with Gasteiger partial charge in [-0.25, -0.2) is 8.78 Å². The summed E-state index contributed by atoms with van der Waals surface area (Å²) in [6.07, 6.45) is 8.55. The highest BCUT2D eigenvalue weighted by atomic mass is 19.4. The standard InChI is InChI=1S/C21H27F5/c1-2-3-4-5-6-7-8-15-9-11-16(12-10-15)17-13-18(22)20(19(23)14-17)21(24,25)26/h4-5,13-16H,2-3,6-12H2,1H3/b5-4+/t15-,16-. The monoisotopic (exact) mass is 374 g/mol. The molecular weight excluding hydrogens is 347 g/mol. The normalized spacial score (nSPS) is 21.5. The van der Waals surface area contributed by atoms with Crippen molar-refractivity contribution in [2.45, 2.75) is 76.8 Å². The molecule has 2 rings (SSSR count). The quantitative estimate of drug-likeness (QED) is 0.260. The van der Waals surface area contributed by atoms with Gasteiger partial charge >= 0.3 is 6.18 Å². The smallest absolute Gasteiger partial charge is 0.206 e. The number of rotatable bonds is 7. The molecule has 0 bridgehead atoms. The van der Waals surface area contributed by atoms with Crippen LogP contribution in [0.15, 0.2) is 24.3 Å². The first-order valence-corrected chi connectivity index (χ1v) is 9.54. The van der Waals surface area contributed by atoms with E-state index in [0.717, 1.165) is 69.9 Å². The van der Waals surface area contributed by atoms with Crippen molar-refractivity contribution in [3.05, 3.63) is 47.0 Å². The first-order chi connectivity index (χ1) is 12.3. The molecule has 1 aliphatic rings. The van der Waals surface area contributed by atoms with E-state index in [1.165, 1.54) is 0 Å². The molecule has 0 aliphatic heterocycles. The molecule has 0 unspecified atom stereocenters. The fourth-order valence-corrected chi connectivity index (χ4v) is 3.81. The van der Waals surface area contributed by atoms with Crippen molar-refractivity contribution in [2.75, 3.05) is 0 Å². The Bertz CT molecular complexity index is 572. The van der Waals surface area contributed by atoms with Crippen LogP contribution in [0.3, 0.4) is 0 Å². The summed E-state index contributed by atoms with van der Waals surface area (Å²) in [5.74, 6) is -2.46. The molecule has 0 saturated heterocycles. The minimum atomic E-state index is -5.00. The topological polar surface area (TPSA) is 0 Å². The summed E-state index contributed by atoms with van der Waals surface area (Å²) in [5, 5.41) is 0. The summed E-state index contributed by atoms with van der Waals surface area (Å²) in [6, 6.07) is 1.74. The molecule has 0 spiro atoms. The highest BCUT2D eigenvalue weighted by Gasteiger charge is 2.38. The first-order valence-electron chi connectivity index (χ1n) is 9.54. The van der Waals surface area contributed by atoms with Crippen molar-refractivity contribution < 1.29 is 22.0 Å². The van der Waals surface area contributed by atoms with Crippen molar-refractivity contribution in [1.82, 2.24) is 0 Å². The maximum absolute atomic E-state index is 13.8. The van der Waals surface area contributed by atoms with Gasteiger partial charge in [-0.05, 0) is 74.5 Å². The van der Waals surface area contributed by atoms with Crippen LogP contribution >= 0.6 is 0 Å². The Hall–Kier alpha value is -1.39. The Labute approximate surface area is 152 Å². The highest BCUT2D eigenvalue weighted by Crippen LogP contribution is 2.40. The Morgan fingerprint density at radius 1 is 0.962 bits per heavy atom. The van der Waals surface area contributed by atoms with Crippen LogP contribution in [0.1, 0.15) is 81.8 Å². The minimum absolute atomic E-state index is 0.0537. The fourth-order valence-electron chi connectivity index (χ4n) is 3.81. The zero-order valence-corrected chi connectivity index (χ0v) is 15.2. The maximum Gasteiger partial charge on any atom is 0.422 e. The Morgan fingerprint density at radius 3 is 2.08 bits per heavy atom. The van der Waals surface area contributed by atoms with E-state index in [1.807, 2.05) is 0 Å². The van der Waals surface area contributed by atoms with Crippen LogP contribution in [0.5, 0.6) is 0 Å². The van der Waals surface area contributed by atoms with E-state index in [1.54, 1.807) is 0 Å². The molecule has 1 aromatic rings. The average Bonchev–Trinajstić information content (AvgIpc) is 2.56. The predicted octanol–water partition coefficient (Wildman–Crippen LogP) is 7.78. The summed E-state index contributed by atoms with van der Waals surface area (Å²) >= 11 is 0. The van der Waals surface area contributed by atoms with E-state index in [0.29, 0.717) is 11.5 Å². The van der Waals surface area contributed by atoms with Crippen LogP contribution in [0.2, 0.25) is 0 Å². The lowest BCUT2D eigenvalue weighted by molar-refractivity contribution is -0.142. The molecule has 0 atom stereocenters.